The first-order chi connectivity index (χ1) is 10.5. The number of hydrogen-bond donors (Lipinski definition) is 2. The zero-order valence-corrected chi connectivity index (χ0v) is 11.6. The largest absolute Gasteiger partial charge is 0.357 e. The summed E-state index contributed by atoms with van der Waals surface area (Å²) in [6.07, 6.45) is 0.732. The molecule has 7 heteroatoms. The Morgan fingerprint density at radius 1 is 1.18 bits per heavy atom. The Kier molecular flexibility index (Phi) is 4.77. The van der Waals surface area contributed by atoms with E-state index in [9.17, 15) is 18.4 Å². The molecule has 114 valence electrons. The first kappa shape index (κ1) is 15.6. The predicted octanol–water partition coefficient (Wildman–Crippen LogP) is 1.58. The predicted molar refractivity (Wildman–Crippen MR) is 74.9 cm³/mol. The van der Waals surface area contributed by atoms with Crippen molar-refractivity contribution >= 4 is 11.8 Å². The molecule has 0 saturated heterocycles. The summed E-state index contributed by atoms with van der Waals surface area (Å²) in [5.41, 5.74) is -0.0519. The van der Waals surface area contributed by atoms with E-state index < -0.39 is 35.2 Å². The molecule has 0 saturated carbocycles. The highest BCUT2D eigenvalue weighted by molar-refractivity contribution is 5.96. The van der Waals surface area contributed by atoms with Crippen molar-refractivity contribution in [2.45, 2.75) is 6.04 Å². The van der Waals surface area contributed by atoms with Gasteiger partial charge in [-0.2, -0.15) is 0 Å². The van der Waals surface area contributed by atoms with Crippen molar-refractivity contribution in [2.24, 2.45) is 0 Å². The summed E-state index contributed by atoms with van der Waals surface area (Å²) in [6, 6.07) is 8.00. The van der Waals surface area contributed by atoms with E-state index in [4.69, 9.17) is 0 Å². The molecule has 0 fully saturated rings. The van der Waals surface area contributed by atoms with Crippen LogP contribution in [0.5, 0.6) is 0 Å². The molecule has 1 aromatic carbocycles. The number of pyridine rings is 1. The number of halogens is 2. The normalized spacial score (nSPS) is 11.6. The van der Waals surface area contributed by atoms with Gasteiger partial charge in [-0.3, -0.25) is 9.59 Å². The Morgan fingerprint density at radius 2 is 1.86 bits per heavy atom. The molecule has 1 aromatic heterocycles. The molecular weight excluding hydrogens is 292 g/mol. The van der Waals surface area contributed by atoms with Gasteiger partial charge < -0.3 is 10.6 Å². The standard InChI is InChI=1S/C15H13F2N3O2/c1-18-14(21)12(9-5-3-2-4-6-9)20-15(22)13-11(17)7-10(16)8-19-13/h2-8,12H,1H3,(H,18,21)(H,20,22)/t12-/m0/s1. The quantitative estimate of drug-likeness (QED) is 0.901. The van der Waals surface area contributed by atoms with Crippen LogP contribution in [0.3, 0.4) is 0 Å². The summed E-state index contributed by atoms with van der Waals surface area (Å²) in [6.45, 7) is 0. The lowest BCUT2D eigenvalue weighted by Crippen LogP contribution is -2.39. The third-order valence-electron chi connectivity index (χ3n) is 2.94. The van der Waals surface area contributed by atoms with E-state index in [1.165, 1.54) is 7.05 Å². The summed E-state index contributed by atoms with van der Waals surface area (Å²) in [7, 11) is 1.42. The van der Waals surface area contributed by atoms with Gasteiger partial charge in [0.2, 0.25) is 5.91 Å². The summed E-state index contributed by atoms with van der Waals surface area (Å²) in [4.78, 5) is 27.4. The minimum absolute atomic E-state index is 0.470. The maximum atomic E-state index is 13.6. The molecule has 0 spiro atoms. The minimum Gasteiger partial charge on any atom is -0.357 e. The fraction of sp³-hybridized carbons (Fsp3) is 0.133. The van der Waals surface area contributed by atoms with Gasteiger partial charge in [0.1, 0.15) is 11.9 Å². The number of aromatic nitrogens is 1. The summed E-state index contributed by atoms with van der Waals surface area (Å²) in [5, 5.41) is 4.80. The number of amides is 2. The second-order valence-electron chi connectivity index (χ2n) is 4.42. The second-order valence-corrected chi connectivity index (χ2v) is 4.42. The average Bonchev–Trinajstić information content (AvgIpc) is 2.52. The van der Waals surface area contributed by atoms with Crippen LogP contribution in [0.15, 0.2) is 42.6 Å². The monoisotopic (exact) mass is 305 g/mol. The van der Waals surface area contributed by atoms with Crippen LogP contribution in [0.2, 0.25) is 0 Å². The van der Waals surface area contributed by atoms with Gasteiger partial charge in [-0.05, 0) is 5.56 Å². The topological polar surface area (TPSA) is 71.1 Å². The van der Waals surface area contributed by atoms with E-state index in [0.717, 1.165) is 6.20 Å². The van der Waals surface area contributed by atoms with Crippen LogP contribution in [-0.2, 0) is 4.79 Å². The van der Waals surface area contributed by atoms with Crippen molar-refractivity contribution in [3.05, 3.63) is 65.5 Å². The fourth-order valence-corrected chi connectivity index (χ4v) is 1.87. The van der Waals surface area contributed by atoms with E-state index in [1.54, 1.807) is 30.3 Å². The minimum atomic E-state index is -1.10. The Labute approximate surface area is 125 Å². The zero-order chi connectivity index (χ0) is 16.1. The van der Waals surface area contributed by atoms with Gasteiger partial charge in [0.15, 0.2) is 11.5 Å². The summed E-state index contributed by atoms with van der Waals surface area (Å²) < 4.78 is 26.4. The van der Waals surface area contributed by atoms with Crippen LogP contribution in [0.25, 0.3) is 0 Å². The molecule has 0 unspecified atom stereocenters. The Bertz CT molecular complexity index is 692. The highest BCUT2D eigenvalue weighted by Crippen LogP contribution is 2.14. The van der Waals surface area contributed by atoms with E-state index in [-0.39, 0.29) is 0 Å². The zero-order valence-electron chi connectivity index (χ0n) is 11.6. The van der Waals surface area contributed by atoms with Crippen LogP contribution >= 0.6 is 0 Å². The molecule has 2 aromatic rings. The molecule has 2 amide bonds. The van der Waals surface area contributed by atoms with Crippen LogP contribution in [0, 0.1) is 11.6 Å². The Balaban J connectivity index is 2.27. The van der Waals surface area contributed by atoms with Gasteiger partial charge in [0.25, 0.3) is 5.91 Å². The highest BCUT2D eigenvalue weighted by Gasteiger charge is 2.24. The number of nitrogens with one attached hydrogen (secondary N) is 2. The highest BCUT2D eigenvalue weighted by atomic mass is 19.1. The lowest BCUT2D eigenvalue weighted by atomic mass is 10.1. The third kappa shape index (κ3) is 3.43. The van der Waals surface area contributed by atoms with Crippen LogP contribution in [-0.4, -0.2) is 23.8 Å². The molecule has 2 rings (SSSR count). The molecular formula is C15H13F2N3O2. The number of carbonyl (C=O) groups is 2. The third-order valence-corrected chi connectivity index (χ3v) is 2.94. The Morgan fingerprint density at radius 3 is 2.45 bits per heavy atom. The van der Waals surface area contributed by atoms with Crippen molar-refractivity contribution < 1.29 is 18.4 Å². The van der Waals surface area contributed by atoms with Crippen molar-refractivity contribution in [1.82, 2.24) is 15.6 Å². The maximum Gasteiger partial charge on any atom is 0.273 e. The summed E-state index contributed by atoms with van der Waals surface area (Å²) in [5.74, 6) is -3.36. The van der Waals surface area contributed by atoms with Crippen LogP contribution in [0.4, 0.5) is 8.78 Å². The number of benzene rings is 1. The lowest BCUT2D eigenvalue weighted by molar-refractivity contribution is -0.122. The second kappa shape index (κ2) is 6.75. The van der Waals surface area contributed by atoms with Gasteiger partial charge in [-0.1, -0.05) is 30.3 Å². The SMILES string of the molecule is CNC(=O)[C@@H](NC(=O)c1ncc(F)cc1F)c1ccccc1. The molecule has 5 nitrogen and oxygen atoms in total. The number of likely N-dealkylation sites (N-methyl/N-ethyl adjacent to an activating group) is 1. The van der Waals surface area contributed by atoms with Crippen molar-refractivity contribution in [3.63, 3.8) is 0 Å². The van der Waals surface area contributed by atoms with E-state index in [2.05, 4.69) is 15.6 Å². The molecule has 1 heterocycles. The van der Waals surface area contributed by atoms with Crippen LogP contribution in [0.1, 0.15) is 22.1 Å². The van der Waals surface area contributed by atoms with Gasteiger partial charge in [0.05, 0.1) is 6.20 Å². The van der Waals surface area contributed by atoms with Gasteiger partial charge in [-0.15, -0.1) is 0 Å². The van der Waals surface area contributed by atoms with Crippen molar-refractivity contribution in [3.8, 4) is 0 Å². The number of hydrogen-bond acceptors (Lipinski definition) is 3. The first-order valence-electron chi connectivity index (χ1n) is 6.41. The van der Waals surface area contributed by atoms with Gasteiger partial charge in [0, 0.05) is 13.1 Å². The number of carbonyl (C=O) groups excluding carboxylic acids is 2. The molecule has 2 N–H and O–H groups in total. The molecule has 0 aliphatic rings. The maximum absolute atomic E-state index is 13.6. The molecule has 22 heavy (non-hydrogen) atoms. The molecule has 0 aliphatic heterocycles. The fourth-order valence-electron chi connectivity index (χ4n) is 1.87. The molecule has 1 atom stereocenters. The number of nitrogens with zero attached hydrogens (tertiary/aromatic N) is 1. The number of rotatable bonds is 4. The molecule has 0 radical (unpaired) electrons. The van der Waals surface area contributed by atoms with Crippen molar-refractivity contribution in [1.29, 1.82) is 0 Å². The van der Waals surface area contributed by atoms with Gasteiger partial charge in [-0.25, -0.2) is 13.8 Å². The van der Waals surface area contributed by atoms with Crippen molar-refractivity contribution in [2.75, 3.05) is 7.05 Å². The smallest absolute Gasteiger partial charge is 0.273 e. The van der Waals surface area contributed by atoms with E-state index in [0.29, 0.717) is 11.6 Å². The Hall–Kier alpha value is -2.83. The van der Waals surface area contributed by atoms with E-state index >= 15 is 0 Å². The average molecular weight is 305 g/mol. The lowest BCUT2D eigenvalue weighted by Gasteiger charge is -2.17. The van der Waals surface area contributed by atoms with Crippen LogP contribution < -0.4 is 10.6 Å². The van der Waals surface area contributed by atoms with E-state index in [1.807, 2.05) is 0 Å². The summed E-state index contributed by atoms with van der Waals surface area (Å²) >= 11 is 0. The van der Waals surface area contributed by atoms with Gasteiger partial charge >= 0.3 is 0 Å². The molecule has 0 aliphatic carbocycles. The molecule has 0 bridgehead atoms. The first-order valence-corrected chi connectivity index (χ1v) is 6.41.